The molecule has 0 aliphatic heterocycles. The highest BCUT2D eigenvalue weighted by Crippen LogP contribution is 2.09. The monoisotopic (exact) mass is 215 g/mol. The van der Waals surface area contributed by atoms with Crippen LogP contribution >= 0.6 is 0 Å². The van der Waals surface area contributed by atoms with E-state index in [2.05, 4.69) is 26.4 Å². The first-order valence-electron chi connectivity index (χ1n) is 3.95. The van der Waals surface area contributed by atoms with E-state index in [1.165, 1.54) is 6.08 Å². The maximum absolute atomic E-state index is 11.0. The third kappa shape index (κ3) is 2.68. The van der Waals surface area contributed by atoms with Crippen LogP contribution in [0.2, 0.25) is 0 Å². The maximum Gasteiger partial charge on any atom is 0.415 e. The number of hydrogen-bond donors (Lipinski definition) is 2. The van der Waals surface area contributed by atoms with Crippen molar-refractivity contribution in [1.82, 2.24) is 10.5 Å². The molecule has 0 atom stereocenters. The van der Waals surface area contributed by atoms with Crippen LogP contribution in [0.5, 0.6) is 5.88 Å². The highest BCUT2D eigenvalue weighted by molar-refractivity contribution is 5.69. The molecule has 8 heteroatoms. The molecule has 0 aliphatic rings. The fourth-order valence-electron chi connectivity index (χ4n) is 0.740. The Kier molecular flexibility index (Phi) is 3.63. The lowest BCUT2D eigenvalue weighted by Crippen LogP contribution is -2.33. The lowest BCUT2D eigenvalue weighted by atomic mass is 10.5. The van der Waals surface area contributed by atoms with E-state index in [4.69, 9.17) is 5.11 Å². The van der Waals surface area contributed by atoms with Crippen LogP contribution in [0.4, 0.5) is 4.79 Å². The van der Waals surface area contributed by atoms with Crippen molar-refractivity contribution in [3.05, 3.63) is 23.6 Å². The molecule has 2 N–H and O–H groups in total. The summed E-state index contributed by atoms with van der Waals surface area (Å²) in [6.07, 6.45) is 0.574. The molecular weight excluding hydrogens is 206 g/mol. The van der Waals surface area contributed by atoms with Crippen molar-refractivity contribution in [2.45, 2.75) is 6.61 Å². The smallest absolute Gasteiger partial charge is 0.387 e. The summed E-state index contributed by atoms with van der Waals surface area (Å²) < 4.78 is 8.66. The Morgan fingerprint density at radius 1 is 1.87 bits per heavy atom. The molecule has 1 rings (SSSR count). The molecule has 0 saturated carbocycles. The molecule has 0 radical (unpaired) electrons. The van der Waals surface area contributed by atoms with Crippen LogP contribution in [0, 0.1) is 5.21 Å². The zero-order valence-corrected chi connectivity index (χ0v) is 7.67. The first kappa shape index (κ1) is 11.0. The van der Waals surface area contributed by atoms with Gasteiger partial charge in [-0.05, 0) is 4.90 Å². The Bertz CT molecular complexity index is 362. The van der Waals surface area contributed by atoms with Crippen molar-refractivity contribution >= 4 is 6.09 Å². The van der Waals surface area contributed by atoms with Gasteiger partial charge in [-0.2, -0.15) is 0 Å². The van der Waals surface area contributed by atoms with Gasteiger partial charge in [-0.25, -0.2) is 4.79 Å². The van der Waals surface area contributed by atoms with E-state index < -0.39 is 18.6 Å². The van der Waals surface area contributed by atoms with Gasteiger partial charge in [-0.15, -0.1) is 6.58 Å². The number of aliphatic hydroxyl groups excluding tert-OH is 1. The van der Waals surface area contributed by atoms with Gasteiger partial charge < -0.3 is 20.4 Å². The normalized spacial score (nSPS) is 9.67. The van der Waals surface area contributed by atoms with Crippen molar-refractivity contribution in [3.8, 4) is 5.88 Å². The second kappa shape index (κ2) is 4.96. The van der Waals surface area contributed by atoms with E-state index in [0.717, 1.165) is 0 Å². The lowest BCUT2D eigenvalue weighted by molar-refractivity contribution is -0.804. The maximum atomic E-state index is 11.0. The Morgan fingerprint density at radius 3 is 3.20 bits per heavy atom. The average molecular weight is 215 g/mol. The lowest BCUT2D eigenvalue weighted by Gasteiger charge is -2.00. The van der Waals surface area contributed by atoms with Crippen LogP contribution in [0.1, 0.15) is 5.69 Å². The quantitative estimate of drug-likeness (QED) is 0.496. The van der Waals surface area contributed by atoms with Gasteiger partial charge in [0.25, 0.3) is 5.69 Å². The van der Waals surface area contributed by atoms with Gasteiger partial charge in [0.15, 0.2) is 0 Å². The molecule has 1 aromatic rings. The summed E-state index contributed by atoms with van der Waals surface area (Å²) in [5.41, 5.74) is -0.154. The van der Waals surface area contributed by atoms with Gasteiger partial charge in [0.1, 0.15) is 6.61 Å². The first-order chi connectivity index (χ1) is 7.19. The van der Waals surface area contributed by atoms with Gasteiger partial charge >= 0.3 is 12.0 Å². The minimum absolute atomic E-state index is 0.112. The van der Waals surface area contributed by atoms with Crippen LogP contribution in [-0.2, 0) is 6.61 Å². The molecule has 0 unspecified atom stereocenters. The second-order valence-electron chi connectivity index (χ2n) is 2.40. The average Bonchev–Trinajstić information content (AvgIpc) is 2.57. The molecule has 82 valence electrons. The van der Waals surface area contributed by atoms with Crippen molar-refractivity contribution in [2.24, 2.45) is 0 Å². The van der Waals surface area contributed by atoms with Gasteiger partial charge in [-0.3, -0.25) is 4.63 Å². The highest BCUT2D eigenvalue weighted by atomic mass is 16.8. The SMILES string of the molecule is C=CCNC(=O)Oc1c(CO)no[n+]1[O-]. The van der Waals surface area contributed by atoms with Gasteiger partial charge in [0.2, 0.25) is 0 Å². The number of aliphatic hydroxyl groups is 1. The van der Waals surface area contributed by atoms with Crippen molar-refractivity contribution in [2.75, 3.05) is 6.54 Å². The molecule has 0 spiro atoms. The first-order valence-corrected chi connectivity index (χ1v) is 3.95. The number of rotatable bonds is 4. The number of aromatic nitrogens is 2. The summed E-state index contributed by atoms with van der Waals surface area (Å²) in [5, 5.41) is 25.0. The molecule has 15 heavy (non-hydrogen) atoms. The van der Waals surface area contributed by atoms with Crippen LogP contribution in [0.15, 0.2) is 17.3 Å². The number of nitrogens with zero attached hydrogens (tertiary/aromatic N) is 2. The molecular formula is C7H9N3O5. The number of carbonyl (C=O) groups excluding carboxylic acids is 1. The fourth-order valence-corrected chi connectivity index (χ4v) is 0.740. The summed E-state index contributed by atoms with van der Waals surface area (Å²) in [5.74, 6) is -0.487. The number of amides is 1. The Morgan fingerprint density at radius 2 is 2.60 bits per heavy atom. The molecule has 1 amide bonds. The summed E-state index contributed by atoms with van der Waals surface area (Å²) in [6.45, 7) is 3.00. The summed E-state index contributed by atoms with van der Waals surface area (Å²) in [4.78, 5) is 10.9. The van der Waals surface area contributed by atoms with Gasteiger partial charge in [0, 0.05) is 11.7 Å². The Labute approximate surface area is 84.3 Å². The number of carbonyl (C=O) groups is 1. The van der Waals surface area contributed by atoms with Gasteiger partial charge in [0.05, 0.1) is 0 Å². The topological polar surface area (TPSA) is 112 Å². The number of nitrogens with one attached hydrogen (secondary N) is 1. The minimum atomic E-state index is -0.864. The number of hydrogen-bond acceptors (Lipinski definition) is 6. The van der Waals surface area contributed by atoms with E-state index in [1.807, 2.05) is 0 Å². The van der Waals surface area contributed by atoms with Crippen LogP contribution in [0.3, 0.4) is 0 Å². The third-order valence-corrected chi connectivity index (χ3v) is 1.37. The van der Waals surface area contributed by atoms with Crippen molar-refractivity contribution in [3.63, 3.8) is 0 Å². The van der Waals surface area contributed by atoms with E-state index in [-0.39, 0.29) is 17.1 Å². The Hall–Kier alpha value is -2.09. The third-order valence-electron chi connectivity index (χ3n) is 1.37. The van der Waals surface area contributed by atoms with Crippen LogP contribution < -0.4 is 15.0 Å². The largest absolute Gasteiger partial charge is 0.415 e. The molecule has 1 heterocycles. The molecule has 0 saturated heterocycles. The van der Waals surface area contributed by atoms with E-state index >= 15 is 0 Å². The summed E-state index contributed by atoms with van der Waals surface area (Å²) in [6, 6.07) is 0. The van der Waals surface area contributed by atoms with E-state index in [9.17, 15) is 10.0 Å². The Balaban J connectivity index is 2.66. The summed E-state index contributed by atoms with van der Waals surface area (Å²) in [7, 11) is 0. The molecule has 0 aromatic carbocycles. The van der Waals surface area contributed by atoms with Crippen LogP contribution in [0.25, 0.3) is 0 Å². The molecule has 8 nitrogen and oxygen atoms in total. The predicted octanol–water partition coefficient (Wildman–Crippen LogP) is -0.925. The predicted molar refractivity (Wildman–Crippen MR) is 45.6 cm³/mol. The molecule has 0 fully saturated rings. The minimum Gasteiger partial charge on any atom is -0.387 e. The van der Waals surface area contributed by atoms with E-state index in [0.29, 0.717) is 0 Å². The molecule has 0 aliphatic carbocycles. The molecule has 1 aromatic heterocycles. The van der Waals surface area contributed by atoms with Gasteiger partial charge in [-0.1, -0.05) is 6.08 Å². The summed E-state index contributed by atoms with van der Waals surface area (Å²) >= 11 is 0. The van der Waals surface area contributed by atoms with E-state index in [1.54, 1.807) is 0 Å². The fraction of sp³-hybridized carbons (Fsp3) is 0.286. The zero-order valence-electron chi connectivity index (χ0n) is 7.67. The van der Waals surface area contributed by atoms with Crippen LogP contribution in [-0.4, -0.2) is 22.9 Å². The standard InChI is InChI=1S/C7H9N3O5/c1-2-3-8-7(12)14-6-5(4-11)9-15-10(6)13/h2,11H,1,3-4H2,(H,8,12). The zero-order chi connectivity index (χ0) is 11.3. The van der Waals surface area contributed by atoms with Crippen molar-refractivity contribution in [1.29, 1.82) is 0 Å². The highest BCUT2D eigenvalue weighted by Gasteiger charge is 2.22. The van der Waals surface area contributed by atoms with Crippen molar-refractivity contribution < 1.29 is 24.2 Å². The number of ether oxygens (including phenoxy) is 1. The molecule has 0 bridgehead atoms. The second-order valence-corrected chi connectivity index (χ2v) is 2.40.